The van der Waals surface area contributed by atoms with Crippen LogP contribution in [0.1, 0.15) is 111 Å². The van der Waals surface area contributed by atoms with E-state index >= 15 is 0 Å². The summed E-state index contributed by atoms with van der Waals surface area (Å²) < 4.78 is 30.0. The molecule has 8 atom stereocenters. The van der Waals surface area contributed by atoms with Gasteiger partial charge in [0.2, 0.25) is 0 Å². The first-order valence-corrected chi connectivity index (χ1v) is 17.4. The molecule has 0 spiro atoms. The molecule has 0 aromatic carbocycles. The van der Waals surface area contributed by atoms with Crippen molar-refractivity contribution < 1.29 is 33.3 Å². The van der Waals surface area contributed by atoms with Crippen LogP contribution in [0.25, 0.3) is 0 Å². The largest absolute Gasteiger partial charge is 0.469 e. The summed E-state index contributed by atoms with van der Waals surface area (Å²) >= 11 is 1.46. The maximum Gasteiger partial charge on any atom is 0.305 e. The van der Waals surface area contributed by atoms with Crippen molar-refractivity contribution >= 4 is 22.8 Å². The summed E-state index contributed by atoms with van der Waals surface area (Å²) in [5.41, 5.74) is 0. The Kier molecular flexibility index (Phi) is 16.8. The summed E-state index contributed by atoms with van der Waals surface area (Å²) in [4.78, 5) is 23.8. The van der Waals surface area contributed by atoms with Crippen LogP contribution in [0.2, 0.25) is 0 Å². The molecular weight excluding hydrogens is 552 g/mol. The molecule has 0 N–H and O–H groups in total. The van der Waals surface area contributed by atoms with Crippen LogP contribution in [-0.4, -0.2) is 61.4 Å². The van der Waals surface area contributed by atoms with Gasteiger partial charge in [-0.15, -0.1) is 0 Å². The van der Waals surface area contributed by atoms with E-state index in [1.54, 1.807) is 6.92 Å². The van der Waals surface area contributed by atoms with Crippen LogP contribution < -0.4 is 0 Å². The monoisotopic (exact) mass is 608 g/mol. The second-order valence-corrected chi connectivity index (χ2v) is 13.6. The fraction of sp³-hybridized carbons (Fsp3) is 0.824. The third kappa shape index (κ3) is 12.4. The summed E-state index contributed by atoms with van der Waals surface area (Å²) in [5, 5.41) is 0.317. The van der Waals surface area contributed by atoms with Crippen molar-refractivity contribution in [2.75, 3.05) is 20.3 Å². The third-order valence-electron chi connectivity index (χ3n) is 8.75. The van der Waals surface area contributed by atoms with Crippen LogP contribution in [0.3, 0.4) is 0 Å². The molecule has 1 saturated carbocycles. The van der Waals surface area contributed by atoms with Crippen LogP contribution in [0.5, 0.6) is 0 Å². The van der Waals surface area contributed by atoms with E-state index < -0.39 is 0 Å². The van der Waals surface area contributed by atoms with Crippen molar-refractivity contribution in [2.45, 2.75) is 141 Å². The second kappa shape index (κ2) is 20.0. The number of hydrogen-bond donors (Lipinski definition) is 0. The van der Waals surface area contributed by atoms with Gasteiger partial charge >= 0.3 is 5.97 Å². The lowest BCUT2D eigenvalue weighted by atomic mass is 9.89. The molecule has 0 aromatic rings. The number of thioether (sulfide) groups is 1. The normalized spacial score (nSPS) is 30.1. The lowest BCUT2D eigenvalue weighted by Crippen LogP contribution is -2.32. The average Bonchev–Trinajstić information content (AvgIpc) is 3.30. The van der Waals surface area contributed by atoms with Gasteiger partial charge in [0.15, 0.2) is 17.7 Å². The van der Waals surface area contributed by atoms with Crippen molar-refractivity contribution in [2.24, 2.45) is 17.8 Å². The number of carbonyl (C=O) groups excluding carboxylic acids is 2. The van der Waals surface area contributed by atoms with Crippen LogP contribution >= 0.6 is 11.8 Å². The summed E-state index contributed by atoms with van der Waals surface area (Å²) in [7, 11) is 1.43. The molecule has 3 rings (SSSR count). The topological polar surface area (TPSA) is 80.3 Å². The van der Waals surface area contributed by atoms with Crippen LogP contribution in [0.4, 0.5) is 0 Å². The molecule has 2 aliphatic heterocycles. The van der Waals surface area contributed by atoms with E-state index in [1.165, 1.54) is 31.7 Å². The molecule has 0 bridgehead atoms. The lowest BCUT2D eigenvalue weighted by Gasteiger charge is -2.31. The van der Waals surface area contributed by atoms with E-state index in [1.807, 2.05) is 0 Å². The predicted molar refractivity (Wildman–Crippen MR) is 168 cm³/mol. The number of unbranched alkanes of at least 4 members (excludes halogenated alkanes) is 2. The van der Waals surface area contributed by atoms with Gasteiger partial charge in [0.25, 0.3) is 0 Å². The molecule has 0 aromatic heterocycles. The van der Waals surface area contributed by atoms with Crippen LogP contribution in [-0.2, 0) is 33.3 Å². The molecule has 8 heteroatoms. The van der Waals surface area contributed by atoms with Gasteiger partial charge in [-0.1, -0.05) is 62.8 Å². The summed E-state index contributed by atoms with van der Waals surface area (Å²) in [6.45, 7) is 7.69. The van der Waals surface area contributed by atoms with Gasteiger partial charge in [0.05, 0.1) is 19.3 Å². The molecule has 2 heterocycles. The molecule has 2 saturated heterocycles. The van der Waals surface area contributed by atoms with Crippen molar-refractivity contribution in [3.05, 3.63) is 24.3 Å². The van der Waals surface area contributed by atoms with Gasteiger partial charge in [-0.25, -0.2) is 0 Å². The fourth-order valence-electron chi connectivity index (χ4n) is 6.30. The number of esters is 1. The number of rotatable bonds is 17. The predicted octanol–water partition coefficient (Wildman–Crippen LogP) is 7.77. The molecule has 7 nitrogen and oxygen atoms in total. The van der Waals surface area contributed by atoms with Gasteiger partial charge in [-0.3, -0.25) is 9.59 Å². The maximum absolute atomic E-state index is 12.3. The maximum atomic E-state index is 12.3. The van der Waals surface area contributed by atoms with Gasteiger partial charge < -0.3 is 23.7 Å². The van der Waals surface area contributed by atoms with E-state index in [9.17, 15) is 9.59 Å². The van der Waals surface area contributed by atoms with Gasteiger partial charge in [-0.2, -0.15) is 0 Å². The SMILES string of the molecule is CCCC[C@@H](C)[C@@H](C=C[C@@H]1[C@@H](CC=CCCCC(=O)OC)[C@@H](SC(C)=O)C[C@H]1OC1CCCCO1)OC1CCCCO1. The molecule has 2 unspecified atom stereocenters. The van der Waals surface area contributed by atoms with Crippen LogP contribution in [0.15, 0.2) is 24.3 Å². The van der Waals surface area contributed by atoms with Gasteiger partial charge in [0, 0.05) is 37.7 Å². The van der Waals surface area contributed by atoms with Crippen LogP contribution in [0, 0.1) is 17.8 Å². The Hall–Kier alpha value is -1.19. The zero-order valence-electron chi connectivity index (χ0n) is 26.5. The van der Waals surface area contributed by atoms with E-state index in [2.05, 4.69) is 38.2 Å². The summed E-state index contributed by atoms with van der Waals surface area (Å²) in [6.07, 6.45) is 22.1. The van der Waals surface area contributed by atoms with E-state index in [-0.39, 0.29) is 53.0 Å². The Morgan fingerprint density at radius 3 is 2.40 bits per heavy atom. The number of methoxy groups -OCH3 is 1. The molecule has 42 heavy (non-hydrogen) atoms. The van der Waals surface area contributed by atoms with Gasteiger partial charge in [0.1, 0.15) is 0 Å². The van der Waals surface area contributed by atoms with Crippen molar-refractivity contribution in [1.82, 2.24) is 0 Å². The fourth-order valence-corrected chi connectivity index (χ4v) is 7.48. The summed E-state index contributed by atoms with van der Waals surface area (Å²) in [6, 6.07) is 0. The highest BCUT2D eigenvalue weighted by atomic mass is 32.2. The third-order valence-corrected chi connectivity index (χ3v) is 9.92. The van der Waals surface area contributed by atoms with Crippen molar-refractivity contribution in [1.29, 1.82) is 0 Å². The van der Waals surface area contributed by atoms with Gasteiger partial charge in [-0.05, 0) is 82.5 Å². The Labute approximate surface area is 258 Å². The molecule has 240 valence electrons. The molecule has 3 aliphatic rings. The first kappa shape index (κ1) is 35.3. The highest BCUT2D eigenvalue weighted by molar-refractivity contribution is 8.14. The minimum Gasteiger partial charge on any atom is -0.469 e. The van der Waals surface area contributed by atoms with E-state index in [0.717, 1.165) is 83.8 Å². The first-order valence-electron chi connectivity index (χ1n) is 16.5. The molecule has 0 amide bonds. The minimum absolute atomic E-state index is 0.0172. The number of ether oxygens (including phenoxy) is 5. The highest BCUT2D eigenvalue weighted by Gasteiger charge is 2.44. The molecule has 1 aliphatic carbocycles. The molecular formula is C34H56O7S. The Morgan fingerprint density at radius 2 is 1.76 bits per heavy atom. The quantitative estimate of drug-likeness (QED) is 0.0941. The number of hydrogen-bond acceptors (Lipinski definition) is 8. The zero-order chi connectivity index (χ0) is 30.2. The number of allylic oxidation sites excluding steroid dienone is 2. The van der Waals surface area contributed by atoms with Crippen molar-refractivity contribution in [3.63, 3.8) is 0 Å². The average molecular weight is 609 g/mol. The Bertz CT molecular complexity index is 834. The van der Waals surface area contributed by atoms with E-state index in [0.29, 0.717) is 12.3 Å². The smallest absolute Gasteiger partial charge is 0.305 e. The molecule has 3 fully saturated rings. The lowest BCUT2D eigenvalue weighted by molar-refractivity contribution is -0.193. The first-order chi connectivity index (χ1) is 20.4. The van der Waals surface area contributed by atoms with E-state index in [4.69, 9.17) is 23.7 Å². The standard InChI is InChI=1S/C34H56O7S/c1-5-6-15-25(2)29(40-33-18-11-13-22-38-33)21-20-27-28(16-9-7-8-10-17-32(36)37-4)31(42-26(3)35)24-30(27)41-34-19-12-14-23-39-34/h7,9,20-21,25,27-31,33-34H,5-6,8,10-19,22-24H2,1-4H3/t25-,27-,28-,29-,30-,31+,33?,34?/m1/s1. The number of carbonyl (C=O) groups is 2. The Balaban J connectivity index is 1.79. The highest BCUT2D eigenvalue weighted by Crippen LogP contribution is 2.45. The zero-order valence-corrected chi connectivity index (χ0v) is 27.3. The Morgan fingerprint density at radius 1 is 1.02 bits per heavy atom. The molecule has 0 radical (unpaired) electrons. The minimum atomic E-state index is -0.179. The summed E-state index contributed by atoms with van der Waals surface area (Å²) in [5.74, 6) is 0.600. The second-order valence-electron chi connectivity index (χ2n) is 12.2. The van der Waals surface area contributed by atoms with Crippen molar-refractivity contribution in [3.8, 4) is 0 Å².